The number of aromatic nitrogens is 1. The SMILES string of the molecule is Cc1ccc2c(C(O)C(O)C(=O)O)c[nH]c2c1. The lowest BCUT2D eigenvalue weighted by atomic mass is 10.0. The summed E-state index contributed by atoms with van der Waals surface area (Å²) in [5.41, 5.74) is 2.24. The van der Waals surface area contributed by atoms with Gasteiger partial charge in [-0.1, -0.05) is 12.1 Å². The first kappa shape index (κ1) is 11.6. The second kappa shape index (κ2) is 4.20. The van der Waals surface area contributed by atoms with Crippen molar-refractivity contribution in [3.63, 3.8) is 0 Å². The first-order valence-electron chi connectivity index (χ1n) is 5.17. The van der Waals surface area contributed by atoms with Crippen molar-refractivity contribution in [2.45, 2.75) is 19.1 Å². The van der Waals surface area contributed by atoms with Gasteiger partial charge in [-0.05, 0) is 18.6 Å². The van der Waals surface area contributed by atoms with Gasteiger partial charge in [0.05, 0.1) is 0 Å². The monoisotopic (exact) mass is 235 g/mol. The molecule has 4 N–H and O–H groups in total. The van der Waals surface area contributed by atoms with E-state index in [1.54, 1.807) is 6.07 Å². The van der Waals surface area contributed by atoms with Crippen LogP contribution in [-0.4, -0.2) is 32.4 Å². The van der Waals surface area contributed by atoms with Gasteiger partial charge in [0, 0.05) is 22.7 Å². The Kier molecular flexibility index (Phi) is 2.87. The Labute approximate surface area is 97.3 Å². The van der Waals surface area contributed by atoms with Gasteiger partial charge in [0.25, 0.3) is 0 Å². The lowest BCUT2D eigenvalue weighted by Crippen LogP contribution is -2.27. The van der Waals surface area contributed by atoms with Gasteiger partial charge in [0.2, 0.25) is 0 Å². The van der Waals surface area contributed by atoms with Crippen molar-refractivity contribution >= 4 is 16.9 Å². The van der Waals surface area contributed by atoms with Crippen LogP contribution in [0.2, 0.25) is 0 Å². The standard InChI is InChI=1S/C12H13NO4/c1-6-2-3-7-8(5-13-9(7)4-6)10(14)11(15)12(16)17/h2-5,10-11,13-15H,1H3,(H,16,17). The van der Waals surface area contributed by atoms with E-state index >= 15 is 0 Å². The minimum absolute atomic E-state index is 0.384. The number of rotatable bonds is 3. The number of carboxylic acid groups (broad SMARTS) is 1. The molecule has 1 aromatic heterocycles. The first-order chi connectivity index (χ1) is 8.00. The zero-order valence-electron chi connectivity index (χ0n) is 9.21. The van der Waals surface area contributed by atoms with Gasteiger partial charge in [-0.25, -0.2) is 4.79 Å². The smallest absolute Gasteiger partial charge is 0.335 e. The third-order valence-electron chi connectivity index (χ3n) is 2.74. The molecular formula is C12H13NO4. The first-order valence-corrected chi connectivity index (χ1v) is 5.17. The molecule has 0 bridgehead atoms. The second-order valence-corrected chi connectivity index (χ2v) is 4.02. The van der Waals surface area contributed by atoms with Crippen LogP contribution >= 0.6 is 0 Å². The van der Waals surface area contributed by atoms with Crippen molar-refractivity contribution < 1.29 is 20.1 Å². The summed E-state index contributed by atoms with van der Waals surface area (Å²) in [6.45, 7) is 1.93. The second-order valence-electron chi connectivity index (χ2n) is 4.02. The molecule has 2 aromatic rings. The Balaban J connectivity index is 2.46. The molecule has 0 aliphatic carbocycles. The lowest BCUT2D eigenvalue weighted by Gasteiger charge is -2.13. The topological polar surface area (TPSA) is 93.6 Å². The van der Waals surface area contributed by atoms with E-state index in [2.05, 4.69) is 4.98 Å². The van der Waals surface area contributed by atoms with Gasteiger partial charge in [-0.15, -0.1) is 0 Å². The molecule has 5 heteroatoms. The molecule has 2 atom stereocenters. The normalized spacial score (nSPS) is 14.8. The van der Waals surface area contributed by atoms with Crippen LogP contribution in [0.4, 0.5) is 0 Å². The highest BCUT2D eigenvalue weighted by atomic mass is 16.4. The zero-order chi connectivity index (χ0) is 12.6. The largest absolute Gasteiger partial charge is 0.479 e. The number of aryl methyl sites for hydroxylation is 1. The Morgan fingerprint density at radius 3 is 2.71 bits per heavy atom. The van der Waals surface area contributed by atoms with E-state index in [1.165, 1.54) is 6.20 Å². The molecule has 2 unspecified atom stereocenters. The molecule has 0 amide bonds. The molecule has 1 heterocycles. The van der Waals surface area contributed by atoms with Crippen LogP contribution in [0.3, 0.4) is 0 Å². The Morgan fingerprint density at radius 2 is 2.06 bits per heavy atom. The lowest BCUT2D eigenvalue weighted by molar-refractivity contribution is -0.153. The molecule has 0 aliphatic rings. The number of H-pyrrole nitrogens is 1. The summed E-state index contributed by atoms with van der Waals surface area (Å²) in [6, 6.07) is 5.53. The number of nitrogens with one attached hydrogen (secondary N) is 1. The van der Waals surface area contributed by atoms with Crippen LogP contribution in [-0.2, 0) is 4.79 Å². The predicted octanol–water partition coefficient (Wildman–Crippen LogP) is 0.955. The number of fused-ring (bicyclic) bond motifs is 1. The highest BCUT2D eigenvalue weighted by Gasteiger charge is 2.27. The van der Waals surface area contributed by atoms with Crippen molar-refractivity contribution in [1.82, 2.24) is 4.98 Å². The van der Waals surface area contributed by atoms with E-state index in [0.717, 1.165) is 11.1 Å². The average molecular weight is 235 g/mol. The fourth-order valence-electron chi connectivity index (χ4n) is 1.81. The highest BCUT2D eigenvalue weighted by molar-refractivity contribution is 5.85. The van der Waals surface area contributed by atoms with Crippen molar-refractivity contribution in [3.05, 3.63) is 35.5 Å². The van der Waals surface area contributed by atoms with Gasteiger partial charge < -0.3 is 20.3 Å². The van der Waals surface area contributed by atoms with Crippen LogP contribution in [0, 0.1) is 6.92 Å². The number of benzene rings is 1. The maximum Gasteiger partial charge on any atom is 0.335 e. The van der Waals surface area contributed by atoms with Crippen molar-refractivity contribution in [1.29, 1.82) is 0 Å². The molecule has 2 rings (SSSR count). The van der Waals surface area contributed by atoms with Crippen LogP contribution < -0.4 is 0 Å². The molecule has 0 fully saturated rings. The zero-order valence-corrected chi connectivity index (χ0v) is 9.21. The Bertz CT molecular complexity index is 561. The average Bonchev–Trinajstić information content (AvgIpc) is 2.69. The summed E-state index contributed by atoms with van der Waals surface area (Å²) in [6.07, 6.45) is -1.75. The predicted molar refractivity (Wildman–Crippen MR) is 61.6 cm³/mol. The van der Waals surface area contributed by atoms with Gasteiger partial charge in [-0.2, -0.15) is 0 Å². The van der Waals surface area contributed by atoms with E-state index in [0.29, 0.717) is 10.9 Å². The van der Waals surface area contributed by atoms with E-state index in [4.69, 9.17) is 5.11 Å². The van der Waals surface area contributed by atoms with Gasteiger partial charge in [0.15, 0.2) is 6.10 Å². The highest BCUT2D eigenvalue weighted by Crippen LogP contribution is 2.26. The quantitative estimate of drug-likeness (QED) is 0.637. The molecule has 0 spiro atoms. The third kappa shape index (κ3) is 2.02. The van der Waals surface area contributed by atoms with E-state index in [1.807, 2.05) is 19.1 Å². The Hall–Kier alpha value is -1.85. The summed E-state index contributed by atoms with van der Waals surface area (Å²) in [4.78, 5) is 13.5. The Morgan fingerprint density at radius 1 is 1.35 bits per heavy atom. The number of aliphatic hydroxyl groups excluding tert-OH is 2. The van der Waals surface area contributed by atoms with E-state index in [-0.39, 0.29) is 0 Å². The van der Waals surface area contributed by atoms with Crippen molar-refractivity contribution in [2.75, 3.05) is 0 Å². The number of aliphatic carboxylic acids is 1. The van der Waals surface area contributed by atoms with Crippen LogP contribution in [0.5, 0.6) is 0 Å². The third-order valence-corrected chi connectivity index (χ3v) is 2.74. The number of hydrogen-bond acceptors (Lipinski definition) is 3. The minimum Gasteiger partial charge on any atom is -0.479 e. The molecule has 0 saturated carbocycles. The van der Waals surface area contributed by atoms with Gasteiger partial charge >= 0.3 is 5.97 Å². The fourth-order valence-corrected chi connectivity index (χ4v) is 1.81. The number of aliphatic hydroxyl groups is 2. The molecule has 1 aromatic carbocycles. The van der Waals surface area contributed by atoms with Crippen molar-refractivity contribution in [2.24, 2.45) is 0 Å². The molecule has 0 saturated heterocycles. The summed E-state index contributed by atoms with van der Waals surface area (Å²) in [7, 11) is 0. The molecular weight excluding hydrogens is 222 g/mol. The number of hydrogen-bond donors (Lipinski definition) is 4. The number of carboxylic acids is 1. The molecule has 17 heavy (non-hydrogen) atoms. The molecule has 0 aliphatic heterocycles. The minimum atomic E-state index is -1.82. The van der Waals surface area contributed by atoms with Crippen molar-refractivity contribution in [3.8, 4) is 0 Å². The summed E-state index contributed by atoms with van der Waals surface area (Å²) in [5, 5.41) is 28.4. The van der Waals surface area contributed by atoms with Gasteiger partial charge in [-0.3, -0.25) is 0 Å². The molecule has 5 nitrogen and oxygen atoms in total. The fraction of sp³-hybridized carbons (Fsp3) is 0.250. The van der Waals surface area contributed by atoms with Crippen LogP contribution in [0.25, 0.3) is 10.9 Å². The van der Waals surface area contributed by atoms with Crippen LogP contribution in [0.1, 0.15) is 17.2 Å². The van der Waals surface area contributed by atoms with E-state index < -0.39 is 18.2 Å². The summed E-state index contributed by atoms with van der Waals surface area (Å²) in [5.74, 6) is -1.45. The van der Waals surface area contributed by atoms with E-state index in [9.17, 15) is 15.0 Å². The number of carbonyl (C=O) groups is 1. The van der Waals surface area contributed by atoms with Crippen LogP contribution in [0.15, 0.2) is 24.4 Å². The molecule has 0 radical (unpaired) electrons. The van der Waals surface area contributed by atoms with Gasteiger partial charge in [0.1, 0.15) is 6.10 Å². The summed E-state index contributed by atoms with van der Waals surface area (Å²) < 4.78 is 0. The maximum atomic E-state index is 10.6. The summed E-state index contributed by atoms with van der Waals surface area (Å²) >= 11 is 0. The maximum absolute atomic E-state index is 10.6. The molecule has 90 valence electrons. The number of aromatic amines is 1.